The Kier molecular flexibility index (Phi) is 3.65. The number of nitrogen functional groups attached to an aromatic ring is 1. The molecule has 21 heavy (non-hydrogen) atoms. The monoisotopic (exact) mass is 279 g/mol. The molecule has 108 valence electrons. The van der Waals surface area contributed by atoms with Crippen molar-refractivity contribution in [3.63, 3.8) is 0 Å². The van der Waals surface area contributed by atoms with Crippen LogP contribution in [0.2, 0.25) is 0 Å². The lowest BCUT2D eigenvalue weighted by molar-refractivity contribution is 0.905. The lowest BCUT2D eigenvalue weighted by Gasteiger charge is -2.06. The van der Waals surface area contributed by atoms with E-state index in [4.69, 9.17) is 5.73 Å². The van der Waals surface area contributed by atoms with Crippen LogP contribution in [0.25, 0.3) is 5.52 Å². The Morgan fingerprint density at radius 1 is 1.14 bits per heavy atom. The molecule has 3 aromatic rings. The first kappa shape index (κ1) is 13.7. The molecule has 2 heterocycles. The van der Waals surface area contributed by atoms with Crippen molar-refractivity contribution in [2.45, 2.75) is 33.1 Å². The largest absolute Gasteiger partial charge is 0.385 e. The van der Waals surface area contributed by atoms with Crippen molar-refractivity contribution in [2.24, 2.45) is 0 Å². The van der Waals surface area contributed by atoms with Crippen molar-refractivity contribution in [1.82, 2.24) is 9.38 Å². The summed E-state index contributed by atoms with van der Waals surface area (Å²) in [5.41, 5.74) is 12.4. The molecule has 0 fully saturated rings. The van der Waals surface area contributed by atoms with E-state index in [1.807, 2.05) is 12.4 Å². The first-order chi connectivity index (χ1) is 10.2. The maximum Gasteiger partial charge on any atom is 0.111 e. The van der Waals surface area contributed by atoms with Crippen LogP contribution in [0.15, 0.2) is 42.7 Å². The van der Waals surface area contributed by atoms with Gasteiger partial charge in [-0.2, -0.15) is 0 Å². The van der Waals surface area contributed by atoms with E-state index >= 15 is 0 Å². The van der Waals surface area contributed by atoms with E-state index in [1.165, 1.54) is 22.2 Å². The van der Waals surface area contributed by atoms with Crippen molar-refractivity contribution in [2.75, 3.05) is 5.73 Å². The Morgan fingerprint density at radius 2 is 1.90 bits per heavy atom. The fourth-order valence-electron chi connectivity index (χ4n) is 3.02. The fraction of sp³-hybridized carbons (Fsp3) is 0.278. The normalized spacial score (nSPS) is 11.1. The molecule has 0 spiro atoms. The second-order valence-corrected chi connectivity index (χ2v) is 5.42. The molecular formula is C18H21N3. The van der Waals surface area contributed by atoms with Crippen LogP contribution in [0, 0.1) is 6.92 Å². The number of aromatic nitrogens is 2. The molecule has 0 amide bonds. The van der Waals surface area contributed by atoms with Gasteiger partial charge in [-0.25, -0.2) is 0 Å². The van der Waals surface area contributed by atoms with Crippen LogP contribution in [-0.4, -0.2) is 9.38 Å². The Bertz CT molecular complexity index is 757. The summed E-state index contributed by atoms with van der Waals surface area (Å²) >= 11 is 0. The molecule has 0 saturated heterocycles. The van der Waals surface area contributed by atoms with Gasteiger partial charge in [0, 0.05) is 12.4 Å². The van der Waals surface area contributed by atoms with Gasteiger partial charge >= 0.3 is 0 Å². The summed E-state index contributed by atoms with van der Waals surface area (Å²) in [6, 6.07) is 10.5. The Labute approximate surface area is 125 Å². The predicted octanol–water partition coefficient (Wildman–Crippen LogP) is 3.57. The second-order valence-electron chi connectivity index (χ2n) is 5.42. The highest BCUT2D eigenvalue weighted by atomic mass is 15.0. The summed E-state index contributed by atoms with van der Waals surface area (Å²) in [5, 5.41) is 0. The van der Waals surface area contributed by atoms with E-state index in [1.54, 1.807) is 0 Å². The summed E-state index contributed by atoms with van der Waals surface area (Å²) in [6.45, 7) is 4.28. The van der Waals surface area contributed by atoms with Crippen LogP contribution in [0.5, 0.6) is 0 Å². The van der Waals surface area contributed by atoms with Gasteiger partial charge in [0.1, 0.15) is 5.82 Å². The van der Waals surface area contributed by atoms with Gasteiger partial charge in [-0.15, -0.1) is 0 Å². The smallest absolute Gasteiger partial charge is 0.111 e. The number of aryl methyl sites for hydroxylation is 3. The number of nitrogens with two attached hydrogens (primary N) is 1. The summed E-state index contributed by atoms with van der Waals surface area (Å²) in [4.78, 5) is 4.61. The van der Waals surface area contributed by atoms with Crippen molar-refractivity contribution < 1.29 is 0 Å². The summed E-state index contributed by atoms with van der Waals surface area (Å²) in [7, 11) is 0. The van der Waals surface area contributed by atoms with E-state index in [0.717, 1.165) is 30.8 Å². The molecule has 0 radical (unpaired) electrons. The topological polar surface area (TPSA) is 43.3 Å². The minimum Gasteiger partial charge on any atom is -0.385 e. The minimum atomic E-state index is 0.838. The molecule has 0 aliphatic carbocycles. The first-order valence-corrected chi connectivity index (χ1v) is 7.49. The van der Waals surface area contributed by atoms with Gasteiger partial charge in [0.25, 0.3) is 0 Å². The Hall–Kier alpha value is -2.29. The summed E-state index contributed by atoms with van der Waals surface area (Å²) < 4.78 is 2.08. The van der Waals surface area contributed by atoms with Gasteiger partial charge in [0.2, 0.25) is 0 Å². The van der Waals surface area contributed by atoms with Crippen LogP contribution < -0.4 is 5.73 Å². The molecule has 3 heteroatoms. The van der Waals surface area contributed by atoms with E-state index in [-0.39, 0.29) is 0 Å². The Morgan fingerprint density at radius 3 is 2.62 bits per heavy atom. The predicted molar refractivity (Wildman–Crippen MR) is 87.6 cm³/mol. The average Bonchev–Trinajstić information content (AvgIpc) is 2.78. The van der Waals surface area contributed by atoms with Crippen LogP contribution in [0.4, 0.5) is 5.82 Å². The Balaban J connectivity index is 2.01. The second kappa shape index (κ2) is 5.60. The quantitative estimate of drug-likeness (QED) is 0.793. The van der Waals surface area contributed by atoms with Crippen molar-refractivity contribution in [1.29, 1.82) is 0 Å². The minimum absolute atomic E-state index is 0.838. The molecule has 2 aromatic heterocycles. The molecule has 0 atom stereocenters. The molecule has 2 N–H and O–H groups in total. The average molecular weight is 279 g/mol. The molecule has 1 aromatic carbocycles. The molecule has 0 aliphatic heterocycles. The first-order valence-electron chi connectivity index (χ1n) is 7.49. The zero-order valence-corrected chi connectivity index (χ0v) is 12.6. The van der Waals surface area contributed by atoms with Gasteiger partial charge in [-0.1, -0.05) is 37.3 Å². The van der Waals surface area contributed by atoms with Gasteiger partial charge in [0.05, 0.1) is 11.2 Å². The molecule has 0 unspecified atom stereocenters. The number of rotatable bonds is 4. The van der Waals surface area contributed by atoms with E-state index < -0.39 is 0 Å². The maximum absolute atomic E-state index is 6.23. The lowest BCUT2D eigenvalue weighted by atomic mass is 10.0. The number of hydrogen-bond donors (Lipinski definition) is 1. The number of nitrogens with zero attached hydrogens (tertiary/aromatic N) is 2. The van der Waals surface area contributed by atoms with E-state index in [0.29, 0.717) is 0 Å². The van der Waals surface area contributed by atoms with Crippen LogP contribution in [0.3, 0.4) is 0 Å². The molecule has 0 bridgehead atoms. The fourth-order valence-corrected chi connectivity index (χ4v) is 3.02. The molecule has 3 nitrogen and oxygen atoms in total. The van der Waals surface area contributed by atoms with Crippen LogP contribution in [-0.2, 0) is 19.3 Å². The van der Waals surface area contributed by atoms with Gasteiger partial charge in [0.15, 0.2) is 0 Å². The maximum atomic E-state index is 6.23. The van der Waals surface area contributed by atoms with Gasteiger partial charge < -0.3 is 5.73 Å². The van der Waals surface area contributed by atoms with E-state index in [9.17, 15) is 0 Å². The number of anilines is 1. The number of benzene rings is 1. The van der Waals surface area contributed by atoms with E-state index in [2.05, 4.69) is 53.6 Å². The highest BCUT2D eigenvalue weighted by molar-refractivity contribution is 5.70. The SMILES string of the molecule is CCc1c(C)c(N)n2ccnc(CCc3ccccc3)c12. The third kappa shape index (κ3) is 2.40. The van der Waals surface area contributed by atoms with Crippen LogP contribution in [0.1, 0.15) is 29.3 Å². The molecular weight excluding hydrogens is 258 g/mol. The third-order valence-electron chi connectivity index (χ3n) is 4.19. The molecule has 0 aliphatic rings. The van der Waals surface area contributed by atoms with Crippen molar-refractivity contribution in [3.05, 3.63) is 65.1 Å². The number of hydrogen-bond acceptors (Lipinski definition) is 2. The summed E-state index contributed by atoms with van der Waals surface area (Å²) in [5.74, 6) is 0.838. The standard InChI is InChI=1S/C18H21N3/c1-3-15-13(2)18(19)21-12-11-20-16(17(15)21)10-9-14-7-5-4-6-8-14/h4-8,11-12H,3,9-10,19H2,1-2H3. The highest BCUT2D eigenvalue weighted by Gasteiger charge is 2.15. The van der Waals surface area contributed by atoms with Crippen molar-refractivity contribution in [3.8, 4) is 0 Å². The van der Waals surface area contributed by atoms with Gasteiger partial charge in [-0.3, -0.25) is 9.38 Å². The highest BCUT2D eigenvalue weighted by Crippen LogP contribution is 2.27. The zero-order valence-electron chi connectivity index (χ0n) is 12.6. The van der Waals surface area contributed by atoms with Crippen LogP contribution >= 0.6 is 0 Å². The molecule has 3 rings (SSSR count). The zero-order chi connectivity index (χ0) is 14.8. The number of fused-ring (bicyclic) bond motifs is 1. The summed E-state index contributed by atoms with van der Waals surface area (Å²) in [6.07, 6.45) is 6.73. The van der Waals surface area contributed by atoms with Crippen molar-refractivity contribution >= 4 is 11.3 Å². The van der Waals surface area contributed by atoms with Gasteiger partial charge in [-0.05, 0) is 42.9 Å². The molecule has 0 saturated carbocycles. The lowest BCUT2D eigenvalue weighted by Crippen LogP contribution is -2.01. The third-order valence-corrected chi connectivity index (χ3v) is 4.19.